The van der Waals surface area contributed by atoms with Gasteiger partial charge in [-0.2, -0.15) is 4.98 Å². The third kappa shape index (κ3) is 3.80. The fourth-order valence-corrected chi connectivity index (χ4v) is 4.48. The number of hydrogen-bond donors (Lipinski definition) is 1. The van der Waals surface area contributed by atoms with Crippen molar-refractivity contribution in [2.75, 3.05) is 23.3 Å². The van der Waals surface area contributed by atoms with Gasteiger partial charge in [0.1, 0.15) is 5.82 Å². The Hall–Kier alpha value is -2.88. The van der Waals surface area contributed by atoms with E-state index in [1.54, 1.807) is 25.5 Å². The number of hydrogen-bond acceptors (Lipinski definition) is 6. The molecule has 0 radical (unpaired) electrons. The van der Waals surface area contributed by atoms with Gasteiger partial charge in [-0.05, 0) is 24.6 Å². The Morgan fingerprint density at radius 1 is 1.16 bits per heavy atom. The van der Waals surface area contributed by atoms with Crippen molar-refractivity contribution in [3.63, 3.8) is 0 Å². The first kappa shape index (κ1) is 20.0. The number of benzene rings is 1. The van der Waals surface area contributed by atoms with Crippen molar-refractivity contribution >= 4 is 29.2 Å². The van der Waals surface area contributed by atoms with E-state index in [0.29, 0.717) is 42.1 Å². The summed E-state index contributed by atoms with van der Waals surface area (Å²) in [7, 11) is 1.71. The lowest BCUT2D eigenvalue weighted by molar-refractivity contribution is -0.152. The Labute approximate surface area is 181 Å². The van der Waals surface area contributed by atoms with Gasteiger partial charge in [0.15, 0.2) is 5.82 Å². The SMILES string of the molecule is Cn1nc(-c2cnc(N3CCC4(C3)CC(F)(F)C4)nc2)nc1Nc1ccc(Cl)c(F)c1. The maximum Gasteiger partial charge on any atom is 0.249 e. The minimum atomic E-state index is -2.53. The van der Waals surface area contributed by atoms with Crippen molar-refractivity contribution in [3.8, 4) is 11.4 Å². The highest BCUT2D eigenvalue weighted by Crippen LogP contribution is 2.56. The van der Waals surface area contributed by atoms with Gasteiger partial charge in [0.05, 0.1) is 10.6 Å². The minimum Gasteiger partial charge on any atom is -0.340 e. The molecule has 1 N–H and O–H groups in total. The Morgan fingerprint density at radius 3 is 2.58 bits per heavy atom. The molecule has 0 amide bonds. The van der Waals surface area contributed by atoms with E-state index in [0.717, 1.165) is 6.42 Å². The summed E-state index contributed by atoms with van der Waals surface area (Å²) in [6.45, 7) is 1.22. The number of nitrogens with one attached hydrogen (secondary N) is 1. The number of rotatable bonds is 4. The molecule has 3 heterocycles. The van der Waals surface area contributed by atoms with Crippen LogP contribution in [0.4, 0.5) is 30.8 Å². The molecule has 31 heavy (non-hydrogen) atoms. The molecule has 7 nitrogen and oxygen atoms in total. The first-order chi connectivity index (χ1) is 14.7. The van der Waals surface area contributed by atoms with Gasteiger partial charge in [-0.25, -0.2) is 27.8 Å². The highest BCUT2D eigenvalue weighted by molar-refractivity contribution is 6.30. The van der Waals surface area contributed by atoms with E-state index in [9.17, 15) is 13.2 Å². The molecular formula is C20H19ClF3N7. The molecule has 2 aromatic heterocycles. The number of halogens is 4. The van der Waals surface area contributed by atoms with E-state index in [1.165, 1.54) is 16.8 Å². The molecule has 1 saturated heterocycles. The summed E-state index contributed by atoms with van der Waals surface area (Å²) in [5, 5.41) is 7.39. The van der Waals surface area contributed by atoms with Crippen molar-refractivity contribution in [2.24, 2.45) is 12.5 Å². The summed E-state index contributed by atoms with van der Waals surface area (Å²) in [5.41, 5.74) is 0.786. The van der Waals surface area contributed by atoms with Crippen LogP contribution in [-0.2, 0) is 7.05 Å². The van der Waals surface area contributed by atoms with Crippen LogP contribution in [0.15, 0.2) is 30.6 Å². The maximum atomic E-state index is 13.7. The van der Waals surface area contributed by atoms with Gasteiger partial charge < -0.3 is 10.2 Å². The van der Waals surface area contributed by atoms with Crippen LogP contribution in [0, 0.1) is 11.2 Å². The van der Waals surface area contributed by atoms with Crippen LogP contribution in [0.5, 0.6) is 0 Å². The maximum absolute atomic E-state index is 13.7. The molecule has 162 valence electrons. The molecule has 0 atom stereocenters. The monoisotopic (exact) mass is 449 g/mol. The number of nitrogens with zero attached hydrogens (tertiary/aromatic N) is 6. The molecule has 0 bridgehead atoms. The zero-order valence-corrected chi connectivity index (χ0v) is 17.4. The average Bonchev–Trinajstić information content (AvgIpc) is 3.28. The van der Waals surface area contributed by atoms with E-state index in [2.05, 4.69) is 25.4 Å². The van der Waals surface area contributed by atoms with E-state index < -0.39 is 11.7 Å². The Balaban J connectivity index is 1.29. The van der Waals surface area contributed by atoms with Gasteiger partial charge in [-0.1, -0.05) is 11.6 Å². The van der Waals surface area contributed by atoms with Crippen LogP contribution in [0.1, 0.15) is 19.3 Å². The molecule has 5 rings (SSSR count). The predicted molar refractivity (Wildman–Crippen MR) is 110 cm³/mol. The van der Waals surface area contributed by atoms with Crippen LogP contribution in [0.2, 0.25) is 5.02 Å². The van der Waals surface area contributed by atoms with Crippen LogP contribution < -0.4 is 10.2 Å². The zero-order chi connectivity index (χ0) is 21.8. The fourth-order valence-electron chi connectivity index (χ4n) is 4.36. The summed E-state index contributed by atoms with van der Waals surface area (Å²) >= 11 is 5.71. The highest BCUT2D eigenvalue weighted by atomic mass is 35.5. The van der Waals surface area contributed by atoms with Gasteiger partial charge in [0.2, 0.25) is 17.8 Å². The van der Waals surface area contributed by atoms with Gasteiger partial charge in [0.25, 0.3) is 0 Å². The normalized spacial score (nSPS) is 18.9. The van der Waals surface area contributed by atoms with Crippen molar-refractivity contribution in [1.29, 1.82) is 0 Å². The third-order valence-electron chi connectivity index (χ3n) is 5.82. The van der Waals surface area contributed by atoms with Gasteiger partial charge in [-0.3, -0.25) is 0 Å². The van der Waals surface area contributed by atoms with Gasteiger partial charge >= 0.3 is 0 Å². The molecule has 11 heteroatoms. The summed E-state index contributed by atoms with van der Waals surface area (Å²) in [4.78, 5) is 15.2. The lowest BCUT2D eigenvalue weighted by Gasteiger charge is -2.44. The van der Waals surface area contributed by atoms with Crippen molar-refractivity contribution in [2.45, 2.75) is 25.2 Å². The zero-order valence-electron chi connectivity index (χ0n) is 16.6. The Kier molecular flexibility index (Phi) is 4.58. The van der Waals surface area contributed by atoms with E-state index >= 15 is 0 Å². The molecule has 1 spiro atoms. The molecule has 2 fully saturated rings. The molecule has 1 aliphatic carbocycles. The number of aryl methyl sites for hydroxylation is 1. The summed E-state index contributed by atoms with van der Waals surface area (Å²) in [6, 6.07) is 4.37. The van der Waals surface area contributed by atoms with E-state index in [-0.39, 0.29) is 23.3 Å². The van der Waals surface area contributed by atoms with Crippen molar-refractivity contribution in [3.05, 3.63) is 41.4 Å². The first-order valence-electron chi connectivity index (χ1n) is 9.80. The molecule has 2 aliphatic rings. The summed E-state index contributed by atoms with van der Waals surface area (Å²) < 4.78 is 41.8. The first-order valence-corrected chi connectivity index (χ1v) is 10.2. The molecule has 1 aromatic carbocycles. The average molecular weight is 450 g/mol. The second-order valence-electron chi connectivity index (χ2n) is 8.29. The fraction of sp³-hybridized carbons (Fsp3) is 0.400. The topological polar surface area (TPSA) is 71.8 Å². The molecule has 3 aromatic rings. The van der Waals surface area contributed by atoms with E-state index in [1.807, 2.05) is 4.90 Å². The van der Waals surface area contributed by atoms with Crippen molar-refractivity contribution < 1.29 is 13.2 Å². The quantitative estimate of drug-likeness (QED) is 0.635. The number of alkyl halides is 2. The van der Waals surface area contributed by atoms with Crippen LogP contribution >= 0.6 is 11.6 Å². The van der Waals surface area contributed by atoms with E-state index in [4.69, 9.17) is 11.6 Å². The summed E-state index contributed by atoms with van der Waals surface area (Å²) in [5.74, 6) is -1.74. The molecule has 0 unspecified atom stereocenters. The standard InChI is InChI=1S/C20H19ClF3N7/c1-30-18(27-13-2-3-14(21)15(22)6-13)28-16(29-30)12-7-25-17(26-8-12)31-5-4-19(11-31)9-20(23,24)10-19/h2-3,6-8H,4-5,9-11H2,1H3,(H,27,28,29). The lowest BCUT2D eigenvalue weighted by Crippen LogP contribution is -2.47. The predicted octanol–water partition coefficient (Wildman–Crippen LogP) is 4.43. The second kappa shape index (κ2) is 7.08. The number of anilines is 3. The smallest absolute Gasteiger partial charge is 0.249 e. The van der Waals surface area contributed by atoms with Crippen LogP contribution in [0.3, 0.4) is 0 Å². The Morgan fingerprint density at radius 2 is 1.90 bits per heavy atom. The largest absolute Gasteiger partial charge is 0.340 e. The third-order valence-corrected chi connectivity index (χ3v) is 6.13. The van der Waals surface area contributed by atoms with Gasteiger partial charge in [0, 0.05) is 56.5 Å². The minimum absolute atomic E-state index is 0.0383. The number of aromatic nitrogens is 5. The molecular weight excluding hydrogens is 431 g/mol. The van der Waals surface area contributed by atoms with Gasteiger partial charge in [-0.15, -0.1) is 5.10 Å². The molecule has 1 aliphatic heterocycles. The van der Waals surface area contributed by atoms with Crippen molar-refractivity contribution in [1.82, 2.24) is 24.7 Å². The highest BCUT2D eigenvalue weighted by Gasteiger charge is 2.58. The molecule has 1 saturated carbocycles. The summed E-state index contributed by atoms with van der Waals surface area (Å²) in [6.07, 6.45) is 3.85. The van der Waals surface area contributed by atoms with Crippen LogP contribution in [0.25, 0.3) is 11.4 Å². The van der Waals surface area contributed by atoms with Crippen LogP contribution in [-0.4, -0.2) is 43.7 Å². The second-order valence-corrected chi connectivity index (χ2v) is 8.70. The lowest BCUT2D eigenvalue weighted by atomic mass is 9.65. The Bertz CT molecular complexity index is 1120.